The number of rotatable bonds is 3. The summed E-state index contributed by atoms with van der Waals surface area (Å²) in [5.41, 5.74) is 1.07. The van der Waals surface area contributed by atoms with Gasteiger partial charge in [-0.05, 0) is 6.07 Å². The van der Waals surface area contributed by atoms with Gasteiger partial charge in [0, 0.05) is 14.0 Å². The SMILES string of the molecule is CNc1cnc(-n2ncc(C(C)=O)n2)c(Cl)c1. The Morgan fingerprint density at radius 2 is 2.24 bits per heavy atom. The largest absolute Gasteiger partial charge is 0.387 e. The van der Waals surface area contributed by atoms with E-state index in [1.807, 2.05) is 0 Å². The fourth-order valence-electron chi connectivity index (χ4n) is 1.24. The molecule has 0 amide bonds. The van der Waals surface area contributed by atoms with Gasteiger partial charge in [-0.25, -0.2) is 4.98 Å². The fourth-order valence-corrected chi connectivity index (χ4v) is 1.48. The molecule has 17 heavy (non-hydrogen) atoms. The zero-order valence-electron chi connectivity index (χ0n) is 9.31. The number of Topliss-reactive ketones (excluding diaryl/α,β-unsaturated/α-hetero) is 1. The van der Waals surface area contributed by atoms with Crippen molar-refractivity contribution in [1.82, 2.24) is 20.0 Å². The van der Waals surface area contributed by atoms with E-state index < -0.39 is 0 Å². The van der Waals surface area contributed by atoms with Gasteiger partial charge in [0.2, 0.25) is 0 Å². The Morgan fingerprint density at radius 3 is 2.76 bits per heavy atom. The normalized spacial score (nSPS) is 10.3. The number of nitrogens with zero attached hydrogens (tertiary/aromatic N) is 4. The van der Waals surface area contributed by atoms with Crippen LogP contribution in [0.2, 0.25) is 5.02 Å². The summed E-state index contributed by atoms with van der Waals surface area (Å²) >= 11 is 6.04. The van der Waals surface area contributed by atoms with Crippen molar-refractivity contribution in [3.8, 4) is 5.82 Å². The Hall–Kier alpha value is -1.95. The predicted molar refractivity (Wildman–Crippen MR) is 63.7 cm³/mol. The highest BCUT2D eigenvalue weighted by molar-refractivity contribution is 6.32. The molecule has 2 aromatic heterocycles. The summed E-state index contributed by atoms with van der Waals surface area (Å²) in [7, 11) is 1.77. The average Bonchev–Trinajstić information content (AvgIpc) is 2.78. The van der Waals surface area contributed by atoms with E-state index in [9.17, 15) is 4.79 Å². The molecule has 0 saturated carbocycles. The lowest BCUT2D eigenvalue weighted by atomic mass is 10.3. The van der Waals surface area contributed by atoms with Crippen LogP contribution in [0.15, 0.2) is 18.5 Å². The molecule has 2 heterocycles. The first-order valence-electron chi connectivity index (χ1n) is 4.89. The zero-order valence-corrected chi connectivity index (χ0v) is 10.1. The van der Waals surface area contributed by atoms with Crippen LogP contribution in [0.25, 0.3) is 5.82 Å². The molecule has 7 heteroatoms. The van der Waals surface area contributed by atoms with Crippen LogP contribution < -0.4 is 5.32 Å². The van der Waals surface area contributed by atoms with Gasteiger partial charge in [0.15, 0.2) is 11.6 Å². The summed E-state index contributed by atoms with van der Waals surface area (Å²) < 4.78 is 0. The third-order valence-electron chi connectivity index (χ3n) is 2.15. The maximum Gasteiger partial charge on any atom is 0.193 e. The molecule has 0 aromatic carbocycles. The van der Waals surface area contributed by atoms with E-state index in [0.717, 1.165) is 5.69 Å². The first-order chi connectivity index (χ1) is 8.11. The number of pyridine rings is 1. The average molecular weight is 252 g/mol. The third kappa shape index (κ3) is 2.26. The fraction of sp³-hybridized carbons (Fsp3) is 0.200. The van der Waals surface area contributed by atoms with E-state index in [1.54, 1.807) is 19.3 Å². The second-order valence-corrected chi connectivity index (χ2v) is 3.76. The summed E-state index contributed by atoms with van der Waals surface area (Å²) in [6.45, 7) is 1.42. The molecule has 0 spiro atoms. The predicted octanol–water partition coefficient (Wildman–Crippen LogP) is 1.56. The Labute approximate surface area is 103 Å². The Kier molecular flexibility index (Phi) is 3.06. The summed E-state index contributed by atoms with van der Waals surface area (Å²) in [5, 5.41) is 11.3. The quantitative estimate of drug-likeness (QED) is 0.838. The Balaban J connectivity index is 2.42. The van der Waals surface area contributed by atoms with E-state index in [0.29, 0.717) is 10.8 Å². The van der Waals surface area contributed by atoms with Crippen molar-refractivity contribution in [1.29, 1.82) is 0 Å². The smallest absolute Gasteiger partial charge is 0.193 e. The Morgan fingerprint density at radius 1 is 1.47 bits per heavy atom. The molecule has 0 unspecified atom stereocenters. The number of carbonyl (C=O) groups excluding carboxylic acids is 1. The van der Waals surface area contributed by atoms with Gasteiger partial charge < -0.3 is 5.32 Å². The lowest BCUT2D eigenvalue weighted by Crippen LogP contribution is -2.04. The molecule has 0 aliphatic heterocycles. The molecule has 0 aliphatic carbocycles. The number of nitrogens with one attached hydrogen (secondary N) is 1. The number of halogens is 1. The zero-order chi connectivity index (χ0) is 12.4. The van der Waals surface area contributed by atoms with Gasteiger partial charge in [-0.1, -0.05) is 11.6 Å². The molecule has 0 saturated heterocycles. The van der Waals surface area contributed by atoms with Crippen LogP contribution in [0, 0.1) is 0 Å². The van der Waals surface area contributed by atoms with Gasteiger partial charge in [-0.3, -0.25) is 4.79 Å². The minimum absolute atomic E-state index is 0.154. The molecule has 6 nitrogen and oxygen atoms in total. The first kappa shape index (κ1) is 11.5. The van der Waals surface area contributed by atoms with Crippen molar-refractivity contribution in [3.63, 3.8) is 0 Å². The van der Waals surface area contributed by atoms with Crippen molar-refractivity contribution in [3.05, 3.63) is 29.2 Å². The summed E-state index contributed by atoms with van der Waals surface area (Å²) in [6, 6.07) is 1.71. The second-order valence-electron chi connectivity index (χ2n) is 3.35. The minimum atomic E-state index is -0.154. The molecule has 1 N–H and O–H groups in total. The van der Waals surface area contributed by atoms with Crippen LogP contribution >= 0.6 is 11.6 Å². The maximum absolute atomic E-state index is 11.1. The molecule has 0 atom stereocenters. The lowest BCUT2D eigenvalue weighted by Gasteiger charge is -2.04. The van der Waals surface area contributed by atoms with Crippen LogP contribution in [0.4, 0.5) is 5.69 Å². The number of carbonyl (C=O) groups is 1. The summed E-state index contributed by atoms with van der Waals surface area (Å²) in [5.74, 6) is 0.234. The number of hydrogen-bond donors (Lipinski definition) is 1. The Bertz CT molecular complexity index is 566. The van der Waals surface area contributed by atoms with Crippen LogP contribution in [0.1, 0.15) is 17.4 Å². The molecule has 88 valence electrons. The molecule has 2 aromatic rings. The van der Waals surface area contributed by atoms with Crippen molar-refractivity contribution in [2.45, 2.75) is 6.92 Å². The van der Waals surface area contributed by atoms with E-state index in [4.69, 9.17) is 11.6 Å². The van der Waals surface area contributed by atoms with Crippen molar-refractivity contribution in [2.75, 3.05) is 12.4 Å². The summed E-state index contributed by atoms with van der Waals surface area (Å²) in [4.78, 5) is 16.5. The van der Waals surface area contributed by atoms with E-state index in [-0.39, 0.29) is 11.5 Å². The highest BCUT2D eigenvalue weighted by atomic mass is 35.5. The van der Waals surface area contributed by atoms with Crippen molar-refractivity contribution in [2.24, 2.45) is 0 Å². The lowest BCUT2D eigenvalue weighted by molar-refractivity contribution is 0.101. The van der Waals surface area contributed by atoms with E-state index in [1.165, 1.54) is 17.9 Å². The minimum Gasteiger partial charge on any atom is -0.387 e. The second kappa shape index (κ2) is 4.50. The topological polar surface area (TPSA) is 72.7 Å². The highest BCUT2D eigenvalue weighted by Gasteiger charge is 2.11. The molecule has 0 fully saturated rings. The van der Waals surface area contributed by atoms with Crippen LogP contribution in [-0.2, 0) is 0 Å². The maximum atomic E-state index is 11.1. The number of aromatic nitrogens is 4. The van der Waals surface area contributed by atoms with E-state index in [2.05, 4.69) is 20.5 Å². The van der Waals surface area contributed by atoms with Gasteiger partial charge in [0.25, 0.3) is 0 Å². The number of ketones is 1. The van der Waals surface area contributed by atoms with E-state index >= 15 is 0 Å². The molecular weight excluding hydrogens is 242 g/mol. The van der Waals surface area contributed by atoms with Gasteiger partial charge in [0.05, 0.1) is 23.1 Å². The molecule has 2 rings (SSSR count). The third-order valence-corrected chi connectivity index (χ3v) is 2.43. The van der Waals surface area contributed by atoms with Gasteiger partial charge >= 0.3 is 0 Å². The van der Waals surface area contributed by atoms with Gasteiger partial charge in [-0.2, -0.15) is 5.10 Å². The molecule has 0 aliphatic rings. The molecular formula is C10H10ClN5O. The molecule has 0 bridgehead atoms. The van der Waals surface area contributed by atoms with Crippen molar-refractivity contribution < 1.29 is 4.79 Å². The molecule has 0 radical (unpaired) electrons. The van der Waals surface area contributed by atoms with Crippen LogP contribution in [-0.4, -0.2) is 32.8 Å². The van der Waals surface area contributed by atoms with Crippen molar-refractivity contribution >= 4 is 23.1 Å². The highest BCUT2D eigenvalue weighted by Crippen LogP contribution is 2.20. The van der Waals surface area contributed by atoms with Crippen LogP contribution in [0.5, 0.6) is 0 Å². The number of hydrogen-bond acceptors (Lipinski definition) is 5. The van der Waals surface area contributed by atoms with Gasteiger partial charge in [-0.15, -0.1) is 9.90 Å². The standard InChI is InChI=1S/C10H10ClN5O/c1-6(17)9-5-14-16(15-9)10-8(11)3-7(12-2)4-13-10/h3-5,12H,1-2H3. The first-order valence-corrected chi connectivity index (χ1v) is 5.26. The summed E-state index contributed by atoms with van der Waals surface area (Å²) in [6.07, 6.45) is 2.99. The monoisotopic (exact) mass is 251 g/mol. The van der Waals surface area contributed by atoms with Gasteiger partial charge in [0.1, 0.15) is 5.69 Å². The number of anilines is 1. The van der Waals surface area contributed by atoms with Crippen LogP contribution in [0.3, 0.4) is 0 Å².